The van der Waals surface area contributed by atoms with Gasteiger partial charge in [0.1, 0.15) is 5.75 Å². The monoisotopic (exact) mass is 441 g/mol. The molecule has 0 saturated carbocycles. The Kier molecular flexibility index (Phi) is 7.33. The minimum absolute atomic E-state index is 0.0798. The fourth-order valence-electron chi connectivity index (χ4n) is 2.71. The highest BCUT2D eigenvalue weighted by Crippen LogP contribution is 2.30. The van der Waals surface area contributed by atoms with Gasteiger partial charge in [0.05, 0.1) is 25.4 Å². The van der Waals surface area contributed by atoms with Crippen molar-refractivity contribution in [2.24, 2.45) is 0 Å². The average Bonchev–Trinajstić information content (AvgIpc) is 3.20. The van der Waals surface area contributed by atoms with Crippen LogP contribution in [0.5, 0.6) is 5.75 Å². The molecule has 30 heavy (non-hydrogen) atoms. The first-order chi connectivity index (χ1) is 14.5. The summed E-state index contributed by atoms with van der Waals surface area (Å²) in [6.07, 6.45) is 0.299. The SMILES string of the molecule is COc1cccc(-c2nnc(SCC(=O)N(C)CCC#N)n2-c2ccc(Cl)cc2)c1. The van der Waals surface area contributed by atoms with Crippen molar-refractivity contribution in [2.45, 2.75) is 11.6 Å². The molecule has 1 heterocycles. The van der Waals surface area contributed by atoms with Gasteiger partial charge in [-0.05, 0) is 36.4 Å². The lowest BCUT2D eigenvalue weighted by Gasteiger charge is -2.15. The predicted molar refractivity (Wildman–Crippen MR) is 117 cm³/mol. The van der Waals surface area contributed by atoms with Crippen molar-refractivity contribution >= 4 is 29.3 Å². The number of aromatic nitrogens is 3. The lowest BCUT2D eigenvalue weighted by molar-refractivity contribution is -0.127. The number of ether oxygens (including phenoxy) is 1. The van der Waals surface area contributed by atoms with Crippen molar-refractivity contribution in [1.82, 2.24) is 19.7 Å². The number of benzene rings is 2. The third kappa shape index (κ3) is 5.12. The maximum absolute atomic E-state index is 12.4. The lowest BCUT2D eigenvalue weighted by atomic mass is 10.2. The van der Waals surface area contributed by atoms with Crippen LogP contribution in [0.1, 0.15) is 6.42 Å². The molecule has 1 amide bonds. The molecule has 0 saturated heterocycles. The first-order valence-electron chi connectivity index (χ1n) is 9.13. The van der Waals surface area contributed by atoms with E-state index in [9.17, 15) is 4.79 Å². The van der Waals surface area contributed by atoms with Crippen LogP contribution in [0.4, 0.5) is 0 Å². The number of carbonyl (C=O) groups excluding carboxylic acids is 1. The van der Waals surface area contributed by atoms with Gasteiger partial charge in [0, 0.05) is 29.9 Å². The fraction of sp³-hybridized carbons (Fsp3) is 0.238. The fourth-order valence-corrected chi connectivity index (χ4v) is 3.73. The van der Waals surface area contributed by atoms with E-state index in [0.29, 0.717) is 34.7 Å². The minimum Gasteiger partial charge on any atom is -0.497 e. The number of thioether (sulfide) groups is 1. The van der Waals surface area contributed by atoms with Gasteiger partial charge in [0.15, 0.2) is 11.0 Å². The molecule has 0 radical (unpaired) electrons. The summed E-state index contributed by atoms with van der Waals surface area (Å²) in [6, 6.07) is 16.9. The Morgan fingerprint density at radius 2 is 2.03 bits per heavy atom. The van der Waals surface area contributed by atoms with Crippen LogP contribution in [-0.2, 0) is 4.79 Å². The molecular formula is C21H20ClN5O2S. The highest BCUT2D eigenvalue weighted by atomic mass is 35.5. The van der Waals surface area contributed by atoms with Gasteiger partial charge in [-0.3, -0.25) is 9.36 Å². The Bertz CT molecular complexity index is 1060. The molecule has 7 nitrogen and oxygen atoms in total. The van der Waals surface area contributed by atoms with Crippen molar-refractivity contribution in [3.05, 3.63) is 53.6 Å². The number of halogens is 1. The summed E-state index contributed by atoms with van der Waals surface area (Å²) in [5.41, 5.74) is 1.66. The number of nitrogens with zero attached hydrogens (tertiary/aromatic N) is 5. The Balaban J connectivity index is 1.93. The summed E-state index contributed by atoms with van der Waals surface area (Å²) in [5, 5.41) is 18.6. The quantitative estimate of drug-likeness (QED) is 0.490. The normalized spacial score (nSPS) is 10.5. The molecule has 2 aromatic carbocycles. The van der Waals surface area contributed by atoms with Crippen LogP contribution in [0.2, 0.25) is 5.02 Å². The molecular weight excluding hydrogens is 422 g/mol. The summed E-state index contributed by atoms with van der Waals surface area (Å²) in [6.45, 7) is 0.398. The van der Waals surface area contributed by atoms with Crippen LogP contribution < -0.4 is 4.74 Å². The van der Waals surface area contributed by atoms with Gasteiger partial charge in [-0.15, -0.1) is 10.2 Å². The molecule has 0 aliphatic rings. The third-order valence-corrected chi connectivity index (χ3v) is 5.52. The molecule has 0 spiro atoms. The first kappa shape index (κ1) is 21.7. The zero-order chi connectivity index (χ0) is 21.5. The Labute approximate surface area is 184 Å². The number of hydrogen-bond donors (Lipinski definition) is 0. The van der Waals surface area contributed by atoms with Crippen LogP contribution >= 0.6 is 23.4 Å². The van der Waals surface area contributed by atoms with E-state index in [1.165, 1.54) is 11.8 Å². The van der Waals surface area contributed by atoms with Gasteiger partial charge in [0.2, 0.25) is 5.91 Å². The number of rotatable bonds is 8. The van der Waals surface area contributed by atoms with Crippen LogP contribution in [0.15, 0.2) is 53.7 Å². The van der Waals surface area contributed by atoms with E-state index < -0.39 is 0 Å². The maximum Gasteiger partial charge on any atom is 0.232 e. The average molecular weight is 442 g/mol. The number of carbonyl (C=O) groups is 1. The molecule has 0 fully saturated rings. The van der Waals surface area contributed by atoms with E-state index in [-0.39, 0.29) is 11.7 Å². The molecule has 0 aliphatic carbocycles. The molecule has 9 heteroatoms. The zero-order valence-corrected chi connectivity index (χ0v) is 18.2. The van der Waals surface area contributed by atoms with Crippen LogP contribution in [0.3, 0.4) is 0 Å². The van der Waals surface area contributed by atoms with Crippen LogP contribution in [0, 0.1) is 11.3 Å². The van der Waals surface area contributed by atoms with Crippen molar-refractivity contribution in [3.63, 3.8) is 0 Å². The summed E-state index contributed by atoms with van der Waals surface area (Å²) in [7, 11) is 3.30. The second-order valence-electron chi connectivity index (χ2n) is 6.36. The van der Waals surface area contributed by atoms with E-state index in [1.54, 1.807) is 31.2 Å². The first-order valence-corrected chi connectivity index (χ1v) is 10.5. The van der Waals surface area contributed by atoms with Crippen molar-refractivity contribution < 1.29 is 9.53 Å². The van der Waals surface area contributed by atoms with E-state index >= 15 is 0 Å². The molecule has 0 bridgehead atoms. The highest BCUT2D eigenvalue weighted by Gasteiger charge is 2.18. The summed E-state index contributed by atoms with van der Waals surface area (Å²) >= 11 is 7.35. The third-order valence-electron chi connectivity index (χ3n) is 4.36. The van der Waals surface area contributed by atoms with Gasteiger partial charge in [0.25, 0.3) is 0 Å². The van der Waals surface area contributed by atoms with Crippen LogP contribution in [0.25, 0.3) is 17.1 Å². The van der Waals surface area contributed by atoms with Gasteiger partial charge >= 0.3 is 0 Å². The second-order valence-corrected chi connectivity index (χ2v) is 7.74. The number of hydrogen-bond acceptors (Lipinski definition) is 6. The number of nitriles is 1. The van der Waals surface area contributed by atoms with E-state index in [1.807, 2.05) is 47.0 Å². The zero-order valence-electron chi connectivity index (χ0n) is 16.6. The van der Waals surface area contributed by atoms with Gasteiger partial charge in [-0.25, -0.2) is 0 Å². The van der Waals surface area contributed by atoms with Gasteiger partial charge < -0.3 is 9.64 Å². The predicted octanol–water partition coefficient (Wildman–Crippen LogP) is 4.06. The molecule has 3 aromatic rings. The van der Waals surface area contributed by atoms with E-state index in [4.69, 9.17) is 21.6 Å². The minimum atomic E-state index is -0.0798. The largest absolute Gasteiger partial charge is 0.497 e. The Morgan fingerprint density at radius 1 is 1.27 bits per heavy atom. The smallest absolute Gasteiger partial charge is 0.232 e. The van der Waals surface area contributed by atoms with E-state index in [0.717, 1.165) is 11.3 Å². The number of amides is 1. The molecule has 154 valence electrons. The van der Waals surface area contributed by atoms with Gasteiger partial charge in [-0.2, -0.15) is 5.26 Å². The standard InChI is InChI=1S/C21H20ClN5O2S/c1-26(12-4-11-23)19(28)14-30-21-25-24-20(15-5-3-6-18(13-15)29-2)27(21)17-9-7-16(22)8-10-17/h3,5-10,13H,4,12,14H2,1-2H3. The second kappa shape index (κ2) is 10.1. The molecule has 1 aromatic heterocycles. The summed E-state index contributed by atoms with van der Waals surface area (Å²) in [4.78, 5) is 13.9. The maximum atomic E-state index is 12.4. The Morgan fingerprint density at radius 3 is 2.73 bits per heavy atom. The van der Waals surface area contributed by atoms with Crippen molar-refractivity contribution in [3.8, 4) is 28.9 Å². The van der Waals surface area contributed by atoms with Crippen LogP contribution in [-0.4, -0.2) is 52.0 Å². The highest BCUT2D eigenvalue weighted by molar-refractivity contribution is 7.99. The molecule has 0 unspecified atom stereocenters. The van der Waals surface area contributed by atoms with Gasteiger partial charge in [-0.1, -0.05) is 35.5 Å². The van der Waals surface area contributed by atoms with Crippen molar-refractivity contribution in [1.29, 1.82) is 5.26 Å². The summed E-state index contributed by atoms with van der Waals surface area (Å²) < 4.78 is 7.22. The van der Waals surface area contributed by atoms with Crippen molar-refractivity contribution in [2.75, 3.05) is 26.5 Å². The van der Waals surface area contributed by atoms with E-state index in [2.05, 4.69) is 10.2 Å². The lowest BCUT2D eigenvalue weighted by Crippen LogP contribution is -2.29. The molecule has 0 aliphatic heterocycles. The number of methoxy groups -OCH3 is 1. The Hall–Kier alpha value is -3.02. The topological polar surface area (TPSA) is 84.0 Å². The molecule has 0 atom stereocenters. The molecule has 3 rings (SSSR count). The molecule has 0 N–H and O–H groups in total. The summed E-state index contributed by atoms with van der Waals surface area (Å²) in [5.74, 6) is 1.45.